The van der Waals surface area contributed by atoms with Gasteiger partial charge in [0.05, 0.1) is 22.1 Å². The molecule has 4 rings (SSSR count). The number of likely N-dealkylation sites (tertiary alicyclic amines) is 1. The Balaban J connectivity index is 1.47. The van der Waals surface area contributed by atoms with Gasteiger partial charge in [-0.05, 0) is 49.6 Å². The maximum atomic E-state index is 13.2. The molecule has 7 nitrogen and oxygen atoms in total. The molecule has 0 saturated carbocycles. The molecule has 2 atom stereocenters. The summed E-state index contributed by atoms with van der Waals surface area (Å²) in [5.41, 5.74) is 1.12. The van der Waals surface area contributed by atoms with Gasteiger partial charge in [0.25, 0.3) is 5.69 Å². The minimum atomic E-state index is -0.524. The van der Waals surface area contributed by atoms with Crippen LogP contribution in [0.1, 0.15) is 30.9 Å². The number of fused-ring (bicyclic) bond motifs is 2. The predicted octanol–water partition coefficient (Wildman–Crippen LogP) is 4.67. The van der Waals surface area contributed by atoms with E-state index in [0.29, 0.717) is 18.9 Å². The number of rotatable bonds is 7. The van der Waals surface area contributed by atoms with Crippen LogP contribution in [0.25, 0.3) is 6.08 Å². The van der Waals surface area contributed by atoms with E-state index in [9.17, 15) is 19.3 Å². The van der Waals surface area contributed by atoms with E-state index in [0.717, 1.165) is 31.5 Å². The highest BCUT2D eigenvalue weighted by molar-refractivity contribution is 6.32. The van der Waals surface area contributed by atoms with Crippen LogP contribution in [-0.4, -0.2) is 52.4 Å². The number of hydrogen-bond donors (Lipinski definition) is 0. The Labute approximate surface area is 196 Å². The number of nitro groups is 1. The van der Waals surface area contributed by atoms with Gasteiger partial charge in [-0.3, -0.25) is 19.8 Å². The van der Waals surface area contributed by atoms with Crippen LogP contribution in [0, 0.1) is 15.9 Å². The summed E-state index contributed by atoms with van der Waals surface area (Å²) in [7, 11) is 0. The highest BCUT2D eigenvalue weighted by Gasteiger charge is 2.41. The number of nitro benzene ring substituents is 1. The van der Waals surface area contributed by atoms with Crippen LogP contribution in [-0.2, 0) is 11.3 Å². The minimum absolute atomic E-state index is 0.0838. The van der Waals surface area contributed by atoms with Gasteiger partial charge >= 0.3 is 0 Å². The van der Waals surface area contributed by atoms with Crippen molar-refractivity contribution in [2.45, 2.75) is 38.4 Å². The maximum absolute atomic E-state index is 13.2. The van der Waals surface area contributed by atoms with Crippen LogP contribution >= 0.6 is 11.6 Å². The fourth-order valence-corrected chi connectivity index (χ4v) is 4.90. The molecular formula is C24H25ClFN3O4. The van der Waals surface area contributed by atoms with Crippen LogP contribution in [0.5, 0.6) is 5.75 Å². The second-order valence-corrected chi connectivity index (χ2v) is 8.72. The molecule has 0 radical (unpaired) electrons. The zero-order valence-electron chi connectivity index (χ0n) is 18.2. The molecule has 0 N–H and O–H groups in total. The van der Waals surface area contributed by atoms with E-state index in [4.69, 9.17) is 16.3 Å². The number of piperazine rings is 1. The lowest BCUT2D eigenvalue weighted by Gasteiger charge is -2.40. The molecule has 2 aliphatic heterocycles. The summed E-state index contributed by atoms with van der Waals surface area (Å²) in [6.07, 6.45) is 4.69. The van der Waals surface area contributed by atoms with Gasteiger partial charge < -0.3 is 9.64 Å². The molecule has 2 aromatic carbocycles. The van der Waals surface area contributed by atoms with Gasteiger partial charge in [-0.25, -0.2) is 4.39 Å². The van der Waals surface area contributed by atoms with E-state index in [1.165, 1.54) is 36.4 Å². The topological polar surface area (TPSA) is 75.9 Å². The van der Waals surface area contributed by atoms with Crippen LogP contribution in [0.2, 0.25) is 5.02 Å². The lowest BCUT2D eigenvalue weighted by atomic mass is 10.1. The van der Waals surface area contributed by atoms with Crippen molar-refractivity contribution in [3.8, 4) is 5.75 Å². The summed E-state index contributed by atoms with van der Waals surface area (Å²) < 4.78 is 18.6. The molecule has 2 bridgehead atoms. The van der Waals surface area contributed by atoms with Gasteiger partial charge in [0.15, 0.2) is 0 Å². The lowest BCUT2D eigenvalue weighted by Crippen LogP contribution is -2.55. The van der Waals surface area contributed by atoms with Crippen LogP contribution in [0.3, 0.4) is 0 Å². The van der Waals surface area contributed by atoms with Crippen molar-refractivity contribution < 1.29 is 18.8 Å². The number of carbonyl (C=O) groups excluding carboxylic acids is 1. The summed E-state index contributed by atoms with van der Waals surface area (Å²) in [5, 5.41) is 11.6. The normalized spacial score (nSPS) is 20.4. The molecule has 9 heteroatoms. The van der Waals surface area contributed by atoms with Gasteiger partial charge in [0.2, 0.25) is 5.91 Å². The zero-order valence-corrected chi connectivity index (χ0v) is 19.0. The molecule has 2 aliphatic rings. The van der Waals surface area contributed by atoms with Gasteiger partial charge in [0, 0.05) is 43.9 Å². The van der Waals surface area contributed by atoms with Crippen molar-refractivity contribution in [2.24, 2.45) is 0 Å². The van der Waals surface area contributed by atoms with Crippen molar-refractivity contribution in [3.05, 3.63) is 74.6 Å². The molecular weight excluding hydrogens is 449 g/mol. The quantitative estimate of drug-likeness (QED) is 0.331. The van der Waals surface area contributed by atoms with Gasteiger partial charge in [0.1, 0.15) is 11.6 Å². The first kappa shape index (κ1) is 23.2. The SMILES string of the molecule is CCOc1cc(C=CC(=O)N2C3CCC2CN(Cc2ccc(F)cc2)C3)c([N+](=O)[O-])cc1Cl. The average molecular weight is 474 g/mol. The van der Waals surface area contributed by atoms with Crippen LogP contribution in [0.15, 0.2) is 42.5 Å². The summed E-state index contributed by atoms with van der Waals surface area (Å²) in [6.45, 7) is 4.35. The third kappa shape index (κ3) is 5.17. The van der Waals surface area contributed by atoms with E-state index in [-0.39, 0.29) is 40.1 Å². The Kier molecular flexibility index (Phi) is 6.95. The number of amides is 1. The second kappa shape index (κ2) is 9.89. The van der Waals surface area contributed by atoms with Gasteiger partial charge in [-0.1, -0.05) is 23.7 Å². The molecule has 33 heavy (non-hydrogen) atoms. The lowest BCUT2D eigenvalue weighted by molar-refractivity contribution is -0.385. The summed E-state index contributed by atoms with van der Waals surface area (Å²) in [4.78, 5) is 28.2. The van der Waals surface area contributed by atoms with Crippen molar-refractivity contribution in [3.63, 3.8) is 0 Å². The second-order valence-electron chi connectivity index (χ2n) is 8.32. The van der Waals surface area contributed by atoms with E-state index in [2.05, 4.69) is 4.90 Å². The van der Waals surface area contributed by atoms with Crippen molar-refractivity contribution in [2.75, 3.05) is 19.7 Å². The smallest absolute Gasteiger partial charge is 0.278 e. The summed E-state index contributed by atoms with van der Waals surface area (Å²) >= 11 is 6.08. The van der Waals surface area contributed by atoms with Crippen LogP contribution in [0.4, 0.5) is 10.1 Å². The number of ether oxygens (including phenoxy) is 1. The number of benzene rings is 2. The zero-order chi connectivity index (χ0) is 23.5. The largest absolute Gasteiger partial charge is 0.492 e. The van der Waals surface area contributed by atoms with E-state index < -0.39 is 4.92 Å². The fourth-order valence-electron chi connectivity index (χ4n) is 4.69. The van der Waals surface area contributed by atoms with Crippen molar-refractivity contribution in [1.82, 2.24) is 9.80 Å². The number of hydrogen-bond acceptors (Lipinski definition) is 5. The Morgan fingerprint density at radius 3 is 2.52 bits per heavy atom. The molecule has 1 amide bonds. The number of halogens is 2. The summed E-state index contributed by atoms with van der Waals surface area (Å²) in [5.74, 6) is -0.0761. The monoisotopic (exact) mass is 473 g/mol. The van der Waals surface area contributed by atoms with Crippen LogP contribution < -0.4 is 4.74 Å². The van der Waals surface area contributed by atoms with E-state index >= 15 is 0 Å². The number of nitrogens with zero attached hydrogens (tertiary/aromatic N) is 3. The Morgan fingerprint density at radius 1 is 1.24 bits per heavy atom. The molecule has 2 saturated heterocycles. The average Bonchev–Trinajstić information content (AvgIpc) is 3.05. The Bertz CT molecular complexity index is 1060. The minimum Gasteiger partial charge on any atom is -0.492 e. The van der Waals surface area contributed by atoms with Crippen molar-refractivity contribution >= 4 is 29.3 Å². The maximum Gasteiger partial charge on any atom is 0.278 e. The van der Waals surface area contributed by atoms with Gasteiger partial charge in [-0.2, -0.15) is 0 Å². The first-order valence-corrected chi connectivity index (χ1v) is 11.3. The molecule has 0 aromatic heterocycles. The first-order valence-electron chi connectivity index (χ1n) is 10.9. The molecule has 2 aromatic rings. The fraction of sp³-hybridized carbons (Fsp3) is 0.375. The Morgan fingerprint density at radius 2 is 1.91 bits per heavy atom. The standard InChI is InChI=1S/C24H25ClFN3O4/c1-2-33-23-11-17(22(29(31)32)12-21(23)25)5-10-24(30)28-19-8-9-20(28)15-27(14-19)13-16-3-6-18(26)7-4-16/h3-7,10-12,19-20H,2,8-9,13-15H2,1H3. The molecule has 2 unspecified atom stereocenters. The third-order valence-electron chi connectivity index (χ3n) is 6.11. The van der Waals surface area contributed by atoms with E-state index in [1.807, 2.05) is 4.90 Å². The molecule has 2 fully saturated rings. The highest BCUT2D eigenvalue weighted by Crippen LogP contribution is 2.34. The highest BCUT2D eigenvalue weighted by atomic mass is 35.5. The van der Waals surface area contributed by atoms with Crippen molar-refractivity contribution in [1.29, 1.82) is 0 Å². The molecule has 0 aliphatic carbocycles. The van der Waals surface area contributed by atoms with E-state index in [1.54, 1.807) is 19.1 Å². The predicted molar refractivity (Wildman–Crippen MR) is 124 cm³/mol. The Hall–Kier alpha value is -2.97. The molecule has 0 spiro atoms. The molecule has 2 heterocycles. The first-order chi connectivity index (χ1) is 15.9. The third-order valence-corrected chi connectivity index (χ3v) is 6.41. The number of carbonyl (C=O) groups is 1. The summed E-state index contributed by atoms with van der Waals surface area (Å²) in [6, 6.07) is 9.39. The van der Waals surface area contributed by atoms with Gasteiger partial charge in [-0.15, -0.1) is 0 Å². The molecule has 174 valence electrons.